The van der Waals surface area contributed by atoms with E-state index in [0.29, 0.717) is 43.6 Å². The Morgan fingerprint density at radius 2 is 1.09 bits per heavy atom. The van der Waals surface area contributed by atoms with Crippen LogP contribution in [0.15, 0.2) is 103 Å². The van der Waals surface area contributed by atoms with E-state index in [2.05, 4.69) is 21.3 Å². The van der Waals surface area contributed by atoms with E-state index in [-0.39, 0.29) is 46.6 Å². The van der Waals surface area contributed by atoms with Crippen LogP contribution in [0.2, 0.25) is 0 Å². The van der Waals surface area contributed by atoms with Crippen LogP contribution in [0.1, 0.15) is 136 Å². The van der Waals surface area contributed by atoms with Crippen LogP contribution >= 0.6 is 0 Å². The Bertz CT molecular complexity index is 4360. The molecule has 522 valence electrons. The predicted octanol–water partition coefficient (Wildman–Crippen LogP) is 4.82. The Labute approximate surface area is 574 Å². The molecule has 0 radical (unpaired) electrons. The number of nitrogens with zero attached hydrogens (tertiary/aromatic N) is 2. The summed E-state index contributed by atoms with van der Waals surface area (Å²) in [4.78, 5) is 218. The molecule has 7 N–H and O–H groups in total. The fourth-order valence-electron chi connectivity index (χ4n) is 13.8. The van der Waals surface area contributed by atoms with E-state index >= 15 is 0 Å². The lowest BCUT2D eigenvalue weighted by molar-refractivity contribution is -0.150. The van der Waals surface area contributed by atoms with Crippen molar-refractivity contribution in [2.75, 3.05) is 13.1 Å². The summed E-state index contributed by atoms with van der Waals surface area (Å²) in [6.45, 7) is 9.08. The molecule has 9 rings (SSSR count). The van der Waals surface area contributed by atoms with Crippen molar-refractivity contribution in [1.29, 1.82) is 0 Å². The Balaban J connectivity index is 0.879. The van der Waals surface area contributed by atoms with Crippen LogP contribution in [0.4, 0.5) is 0 Å². The van der Waals surface area contributed by atoms with Crippen LogP contribution < -0.4 is 26.5 Å². The molecule has 25 nitrogen and oxygen atoms in total. The summed E-state index contributed by atoms with van der Waals surface area (Å²) in [5.74, 6) is -21.3. The summed E-state index contributed by atoms with van der Waals surface area (Å²) in [5, 5.41) is 41.9. The van der Waals surface area contributed by atoms with Crippen molar-refractivity contribution in [3.63, 3.8) is 0 Å². The topological polar surface area (TPSA) is 388 Å². The molecular weight excluding hydrogens is 1290 g/mol. The number of amides is 8. The average Bonchev–Trinajstić information content (AvgIpc) is 0.715. The average molecular weight is 1370 g/mol. The first-order valence-electron chi connectivity index (χ1n) is 33.1. The predicted molar refractivity (Wildman–Crippen MR) is 361 cm³/mol. The lowest BCUT2D eigenvalue weighted by Gasteiger charge is -2.41. The third-order valence-electron chi connectivity index (χ3n) is 19.1. The molecule has 0 spiro atoms. The zero-order valence-electron chi connectivity index (χ0n) is 56.2. The molecule has 0 saturated carbocycles. The maximum Gasteiger partial charge on any atom is 0.307 e. The zero-order valence-corrected chi connectivity index (χ0v) is 56.2. The van der Waals surface area contributed by atoms with Crippen molar-refractivity contribution in [2.45, 2.75) is 130 Å². The number of fused-ring (bicyclic) bond motifs is 2. The first-order chi connectivity index (χ1) is 47.3. The fraction of sp³-hybridized carbons (Fsp3) is 0.387. The molecule has 2 heterocycles. The van der Waals surface area contributed by atoms with Gasteiger partial charge in [0.2, 0.25) is 29.5 Å². The number of likely N-dealkylation sites (tertiary alicyclic amines) is 1. The number of allylic oxidation sites excluding steroid dienone is 1. The van der Waals surface area contributed by atoms with Gasteiger partial charge in [-0.3, -0.25) is 86.5 Å². The number of rotatable bonds is 34. The Kier molecular flexibility index (Phi) is 22.6. The number of nitrogens with one attached hydrogen (secondary N) is 4. The minimum absolute atomic E-state index is 0.0606. The van der Waals surface area contributed by atoms with Gasteiger partial charge in [-0.05, 0) is 94.3 Å². The quantitative estimate of drug-likeness (QED) is 0.0271. The highest BCUT2D eigenvalue weighted by Crippen LogP contribution is 2.48. The number of hydrogen-bond acceptors (Lipinski definition) is 16. The van der Waals surface area contributed by atoms with E-state index in [1.54, 1.807) is 125 Å². The second-order valence-electron chi connectivity index (χ2n) is 27.0. The van der Waals surface area contributed by atoms with Gasteiger partial charge >= 0.3 is 17.9 Å². The second-order valence-corrected chi connectivity index (χ2v) is 27.0. The number of piperidine rings is 1. The number of carboxylic acids is 3. The van der Waals surface area contributed by atoms with Crippen molar-refractivity contribution < 1.29 is 92.0 Å². The number of imide groups is 2. The molecule has 10 atom stereocenters. The molecule has 0 aromatic heterocycles. The minimum Gasteiger partial charge on any atom is -0.481 e. The van der Waals surface area contributed by atoms with E-state index in [0.717, 1.165) is 9.80 Å². The van der Waals surface area contributed by atoms with E-state index < -0.39 is 206 Å². The van der Waals surface area contributed by atoms with Crippen molar-refractivity contribution in [3.05, 3.63) is 141 Å². The van der Waals surface area contributed by atoms with Gasteiger partial charge in [-0.25, -0.2) is 0 Å². The summed E-state index contributed by atoms with van der Waals surface area (Å²) in [6.07, 6.45) is 2.68. The standard InChI is InChI=1S/C75H78N6O19/c1-36(2)54(75(99)100)32-59(86)56(33-62(90)91)78-69(93)43(27-41-14-10-8-11-15-41)29-57(84)39(6)76-60(87)35-81-73(97)52-24-20-48-46-18-22-50-65-51(23-19-47(63(46)65)49-21-25-53(74(81)98)66(52)64(48)49)72(96)80(71(50)95)34-45(83)26-38(5)68(92)77-55(28-42-16-12-9-13-17-42)58(85)30-44(31-61(88)89)70(94)79-67(37(3)4)40(7)82/h8-25,36-39,43-44,50,54-56,65,67H,26-35H2,1-7H3,(H,76,87)(H,77,92)(H,78,93)(H,79,94)(H,88,89)(H,90,91)(H,99,100)/t38?,39-,43+,44?,50?,54-,55-,56-,65?,67-/m0/s1. The SMILES string of the molecule is CC(=O)[C@@H](NC(=O)C(CC(=O)O)CC(=O)[C@H](Cc1ccccc1)NC(=O)C(C)CC(=O)CN1C(=O)C2=CC=c3c4c(c5ccc6c7c(ccc3c57)C(=O)N(CC(=O)N[C@@H](C)C(=O)C[C@@H](Cc3ccccc3)C(=O)N[C@@H](CC(=O)O)C(=O)C[C@H](C(=O)O)C(C)C)C6=O)C=CC(C1=O)C24)C(C)C. The highest BCUT2D eigenvalue weighted by atomic mass is 16.4. The molecule has 25 heteroatoms. The summed E-state index contributed by atoms with van der Waals surface area (Å²) < 4.78 is 0. The Morgan fingerprint density at radius 3 is 1.67 bits per heavy atom. The summed E-state index contributed by atoms with van der Waals surface area (Å²) in [5.41, 5.74) is 2.79. The molecule has 2 aliphatic heterocycles. The Morgan fingerprint density at radius 1 is 0.520 bits per heavy atom. The first-order valence-corrected chi connectivity index (χ1v) is 33.1. The molecule has 5 aromatic carbocycles. The summed E-state index contributed by atoms with van der Waals surface area (Å²) in [7, 11) is 0. The van der Waals surface area contributed by atoms with Crippen molar-refractivity contribution in [1.82, 2.24) is 31.1 Å². The number of benzene rings is 5. The number of aliphatic carboxylic acids is 3. The van der Waals surface area contributed by atoms with E-state index in [9.17, 15) is 92.0 Å². The number of ketones is 5. The van der Waals surface area contributed by atoms with Gasteiger partial charge in [0.25, 0.3) is 17.7 Å². The highest BCUT2D eigenvalue weighted by Gasteiger charge is 2.49. The third kappa shape index (κ3) is 15.9. The lowest BCUT2D eigenvalue weighted by Crippen LogP contribution is -2.53. The molecule has 5 aromatic rings. The summed E-state index contributed by atoms with van der Waals surface area (Å²) in [6, 6.07) is 18.3. The molecule has 1 saturated heterocycles. The number of Topliss-reactive ketones (excluding diaryl/α,β-unsaturated/α-hetero) is 5. The molecule has 100 heavy (non-hydrogen) atoms. The number of carbonyl (C=O) groups is 16. The summed E-state index contributed by atoms with van der Waals surface area (Å²) >= 11 is 0. The molecule has 4 aliphatic rings. The lowest BCUT2D eigenvalue weighted by atomic mass is 9.67. The molecule has 2 aliphatic carbocycles. The van der Waals surface area contributed by atoms with Crippen molar-refractivity contribution >= 4 is 128 Å². The first kappa shape index (κ1) is 73.3. The molecule has 8 amide bonds. The largest absolute Gasteiger partial charge is 0.481 e. The zero-order chi connectivity index (χ0) is 72.9. The van der Waals surface area contributed by atoms with Crippen LogP contribution in [0.25, 0.3) is 33.7 Å². The van der Waals surface area contributed by atoms with Gasteiger partial charge in [0.1, 0.15) is 6.54 Å². The maximum absolute atomic E-state index is 14.6. The van der Waals surface area contributed by atoms with Crippen LogP contribution in [0, 0.1) is 41.4 Å². The monoisotopic (exact) mass is 1370 g/mol. The van der Waals surface area contributed by atoms with Gasteiger partial charge in [-0.15, -0.1) is 0 Å². The third-order valence-corrected chi connectivity index (χ3v) is 19.1. The van der Waals surface area contributed by atoms with E-state index in [4.69, 9.17) is 0 Å². The van der Waals surface area contributed by atoms with Gasteiger partial charge in [0, 0.05) is 65.5 Å². The fourth-order valence-corrected chi connectivity index (χ4v) is 13.8. The molecule has 1 fully saturated rings. The molecule has 0 bridgehead atoms. The molecule has 4 unspecified atom stereocenters. The van der Waals surface area contributed by atoms with Crippen LogP contribution in [0.5, 0.6) is 0 Å². The van der Waals surface area contributed by atoms with Gasteiger partial charge < -0.3 is 36.6 Å². The number of hydrogen-bond donors (Lipinski definition) is 7. The smallest absolute Gasteiger partial charge is 0.307 e. The van der Waals surface area contributed by atoms with Gasteiger partial charge in [0.15, 0.2) is 28.9 Å². The second kappa shape index (κ2) is 30.8. The van der Waals surface area contributed by atoms with Crippen LogP contribution in [-0.4, -0.2) is 156 Å². The van der Waals surface area contributed by atoms with Crippen molar-refractivity contribution in [3.8, 4) is 0 Å². The number of carbonyl (C=O) groups excluding carboxylic acids is 13. The molecular formula is C75H78N6O19. The van der Waals surface area contributed by atoms with Gasteiger partial charge in [0.05, 0.1) is 61.3 Å². The van der Waals surface area contributed by atoms with Gasteiger partial charge in [-0.2, -0.15) is 0 Å². The normalized spacial score (nSPS) is 17.6. The van der Waals surface area contributed by atoms with Gasteiger partial charge in [-0.1, -0.05) is 132 Å². The van der Waals surface area contributed by atoms with Crippen LogP contribution in [0.3, 0.4) is 0 Å². The number of carboxylic acid groups (broad SMARTS) is 3. The minimum atomic E-state index is -1.63. The highest BCUT2D eigenvalue weighted by molar-refractivity contribution is 6.32. The van der Waals surface area contributed by atoms with E-state index in [1.807, 2.05) is 0 Å². The Hall–Kier alpha value is -11.0. The van der Waals surface area contributed by atoms with Crippen molar-refractivity contribution in [2.24, 2.45) is 41.4 Å². The van der Waals surface area contributed by atoms with E-state index in [1.165, 1.54) is 32.9 Å². The maximum atomic E-state index is 14.6. The van der Waals surface area contributed by atoms with Crippen LogP contribution in [-0.2, 0) is 80.0 Å².